The summed E-state index contributed by atoms with van der Waals surface area (Å²) in [5.74, 6) is 0.813. The Morgan fingerprint density at radius 2 is 1.82 bits per heavy atom. The van der Waals surface area contributed by atoms with Crippen LogP contribution in [0.3, 0.4) is 0 Å². The van der Waals surface area contributed by atoms with E-state index in [1.165, 1.54) is 50.5 Å². The molecule has 0 aromatic heterocycles. The van der Waals surface area contributed by atoms with Crippen molar-refractivity contribution in [1.82, 2.24) is 0 Å². The smallest absolute Gasteiger partial charge is 0.0101 e. The van der Waals surface area contributed by atoms with Crippen LogP contribution in [0.1, 0.15) is 79.6 Å². The van der Waals surface area contributed by atoms with Gasteiger partial charge in [0.15, 0.2) is 0 Å². The number of hydrogen-bond acceptors (Lipinski definition) is 0. The number of unbranched alkanes of at least 4 members (excludes halogenated alkanes) is 1. The molecule has 0 nitrogen and oxygen atoms in total. The molecule has 1 fully saturated rings. The van der Waals surface area contributed by atoms with Crippen LogP contribution in [0, 0.1) is 5.92 Å². The van der Waals surface area contributed by atoms with Crippen LogP contribution < -0.4 is 0 Å². The zero-order valence-electron chi connectivity index (χ0n) is 12.5. The normalized spacial score (nSPS) is 15.7. The molecule has 0 aliphatic heterocycles. The zero-order valence-corrected chi connectivity index (χ0v) is 12.5. The summed E-state index contributed by atoms with van der Waals surface area (Å²) in [4.78, 5) is 0. The summed E-state index contributed by atoms with van der Waals surface area (Å²) in [5, 5.41) is 0. The van der Waals surface area contributed by atoms with Crippen molar-refractivity contribution in [2.45, 2.75) is 79.6 Å². The molecule has 17 heavy (non-hydrogen) atoms. The molecule has 0 amide bonds. The van der Waals surface area contributed by atoms with E-state index in [0.717, 1.165) is 5.92 Å². The molecule has 0 N–H and O–H groups in total. The molecule has 0 aromatic carbocycles. The Bertz CT molecular complexity index is 294. The molecule has 1 atom stereocenters. The van der Waals surface area contributed by atoms with Crippen molar-refractivity contribution >= 4 is 0 Å². The van der Waals surface area contributed by atoms with Crippen LogP contribution in [0.5, 0.6) is 0 Å². The van der Waals surface area contributed by atoms with Crippen molar-refractivity contribution in [3.8, 4) is 0 Å². The Kier molecular flexibility index (Phi) is 6.02. The molecule has 0 heteroatoms. The third-order valence-corrected chi connectivity index (χ3v) is 4.08. The average molecular weight is 234 g/mol. The third-order valence-electron chi connectivity index (χ3n) is 4.08. The predicted octanol–water partition coefficient (Wildman–Crippen LogP) is 6.04. The minimum absolute atomic E-state index is 0.813. The first-order chi connectivity index (χ1) is 8.10. The molecule has 0 spiro atoms. The highest BCUT2D eigenvalue weighted by atomic mass is 14.3. The van der Waals surface area contributed by atoms with E-state index < -0.39 is 0 Å². The maximum Gasteiger partial charge on any atom is -0.0101 e. The summed E-state index contributed by atoms with van der Waals surface area (Å²) in [7, 11) is 0. The Morgan fingerprint density at radius 3 is 2.24 bits per heavy atom. The van der Waals surface area contributed by atoms with Crippen LogP contribution >= 0.6 is 0 Å². The molecule has 1 rings (SSSR count). The van der Waals surface area contributed by atoms with Crippen molar-refractivity contribution < 1.29 is 0 Å². The molecule has 0 heterocycles. The van der Waals surface area contributed by atoms with Gasteiger partial charge in [-0.05, 0) is 51.9 Å². The number of rotatable bonds is 7. The van der Waals surface area contributed by atoms with Gasteiger partial charge in [0.2, 0.25) is 0 Å². The quantitative estimate of drug-likeness (QED) is 0.471. The van der Waals surface area contributed by atoms with Gasteiger partial charge in [-0.1, -0.05) is 55.9 Å². The Balaban J connectivity index is 2.69. The lowest BCUT2D eigenvalue weighted by Crippen LogP contribution is -2.02. The fraction of sp³-hybridized carbons (Fsp3) is 0.765. The van der Waals surface area contributed by atoms with Gasteiger partial charge in [-0.25, -0.2) is 0 Å². The maximum absolute atomic E-state index is 2.44. The molecule has 98 valence electrons. The van der Waals surface area contributed by atoms with Crippen molar-refractivity contribution in [2.75, 3.05) is 0 Å². The Labute approximate surface area is 108 Å². The summed E-state index contributed by atoms with van der Waals surface area (Å²) in [6, 6.07) is 0. The van der Waals surface area contributed by atoms with E-state index in [-0.39, 0.29) is 0 Å². The van der Waals surface area contributed by atoms with Crippen LogP contribution in [0.15, 0.2) is 22.3 Å². The zero-order chi connectivity index (χ0) is 12.8. The first kappa shape index (κ1) is 14.5. The van der Waals surface area contributed by atoms with E-state index in [2.05, 4.69) is 34.6 Å². The Morgan fingerprint density at radius 1 is 1.18 bits per heavy atom. The molecule has 0 saturated heterocycles. The molecule has 1 saturated carbocycles. The summed E-state index contributed by atoms with van der Waals surface area (Å²) >= 11 is 0. The molecule has 1 aliphatic carbocycles. The molecular weight excluding hydrogens is 204 g/mol. The fourth-order valence-corrected chi connectivity index (χ4v) is 2.60. The second-order valence-electron chi connectivity index (χ2n) is 5.81. The van der Waals surface area contributed by atoms with Gasteiger partial charge in [0.25, 0.3) is 0 Å². The summed E-state index contributed by atoms with van der Waals surface area (Å²) in [6.07, 6.45) is 9.34. The van der Waals surface area contributed by atoms with Crippen LogP contribution in [0.4, 0.5) is 0 Å². The van der Waals surface area contributed by atoms with Crippen molar-refractivity contribution in [2.24, 2.45) is 5.92 Å². The van der Waals surface area contributed by atoms with E-state index in [0.29, 0.717) is 0 Å². The van der Waals surface area contributed by atoms with E-state index in [9.17, 15) is 0 Å². The first-order valence-electron chi connectivity index (χ1n) is 7.46. The maximum atomic E-state index is 2.44. The highest BCUT2D eigenvalue weighted by Crippen LogP contribution is 2.39. The van der Waals surface area contributed by atoms with Gasteiger partial charge in [-0.3, -0.25) is 0 Å². The van der Waals surface area contributed by atoms with Gasteiger partial charge in [0.05, 0.1) is 0 Å². The standard InChI is InChI=1S/C17H30/c1-6-8-9-14(5)17(16-10-11-16)12-15(7-2)13(3)4/h14H,6-12H2,1-5H3. The van der Waals surface area contributed by atoms with Crippen molar-refractivity contribution in [3.05, 3.63) is 22.3 Å². The second kappa shape index (κ2) is 7.03. The highest BCUT2D eigenvalue weighted by molar-refractivity contribution is 5.31. The van der Waals surface area contributed by atoms with Gasteiger partial charge in [0, 0.05) is 0 Å². The molecule has 1 aliphatic rings. The molecule has 0 bridgehead atoms. The number of allylic oxidation sites excluding steroid dienone is 4. The minimum atomic E-state index is 0.813. The largest absolute Gasteiger partial charge is 0.0769 e. The van der Waals surface area contributed by atoms with E-state index in [4.69, 9.17) is 0 Å². The average Bonchev–Trinajstić information content (AvgIpc) is 3.10. The van der Waals surface area contributed by atoms with Crippen molar-refractivity contribution in [1.29, 1.82) is 0 Å². The van der Waals surface area contributed by atoms with E-state index in [1.54, 1.807) is 16.7 Å². The molecule has 0 aromatic rings. The lowest BCUT2D eigenvalue weighted by molar-refractivity contribution is 0.558. The van der Waals surface area contributed by atoms with Crippen LogP contribution in [0.2, 0.25) is 0 Å². The molecule has 1 unspecified atom stereocenters. The van der Waals surface area contributed by atoms with Gasteiger partial charge >= 0.3 is 0 Å². The highest BCUT2D eigenvalue weighted by Gasteiger charge is 2.22. The summed E-state index contributed by atoms with van der Waals surface area (Å²) in [6.45, 7) is 11.6. The van der Waals surface area contributed by atoms with Crippen LogP contribution in [-0.2, 0) is 0 Å². The molecule has 0 radical (unpaired) electrons. The fourth-order valence-electron chi connectivity index (χ4n) is 2.60. The topological polar surface area (TPSA) is 0 Å². The van der Waals surface area contributed by atoms with Gasteiger partial charge in [-0.2, -0.15) is 0 Å². The summed E-state index contributed by atoms with van der Waals surface area (Å²) < 4.78 is 0. The lowest BCUT2D eigenvalue weighted by Gasteiger charge is -2.18. The van der Waals surface area contributed by atoms with Crippen LogP contribution in [-0.4, -0.2) is 0 Å². The number of hydrogen-bond donors (Lipinski definition) is 0. The lowest BCUT2D eigenvalue weighted by atomic mass is 9.87. The SMILES string of the molecule is CCCCC(C)C(CC(CC)=C(C)C)=C1CC1. The second-order valence-corrected chi connectivity index (χ2v) is 5.81. The predicted molar refractivity (Wildman–Crippen MR) is 78.2 cm³/mol. The Hall–Kier alpha value is -0.520. The molecular formula is C17H30. The minimum Gasteiger partial charge on any atom is -0.0769 e. The van der Waals surface area contributed by atoms with E-state index >= 15 is 0 Å². The monoisotopic (exact) mass is 234 g/mol. The first-order valence-corrected chi connectivity index (χ1v) is 7.46. The summed E-state index contributed by atoms with van der Waals surface area (Å²) in [5.41, 5.74) is 6.77. The van der Waals surface area contributed by atoms with Crippen LogP contribution in [0.25, 0.3) is 0 Å². The van der Waals surface area contributed by atoms with Gasteiger partial charge < -0.3 is 0 Å². The third kappa shape index (κ3) is 4.69. The van der Waals surface area contributed by atoms with Gasteiger partial charge in [-0.15, -0.1) is 0 Å². The van der Waals surface area contributed by atoms with E-state index in [1.807, 2.05) is 0 Å². The van der Waals surface area contributed by atoms with Gasteiger partial charge in [0.1, 0.15) is 0 Å². The van der Waals surface area contributed by atoms with Crippen molar-refractivity contribution in [3.63, 3.8) is 0 Å².